The third-order valence-corrected chi connectivity index (χ3v) is 3.85. The average Bonchev–Trinajstić information content (AvgIpc) is 2.83. The van der Waals surface area contributed by atoms with E-state index < -0.39 is 23.4 Å². The van der Waals surface area contributed by atoms with Gasteiger partial charge >= 0.3 is 12.1 Å². The summed E-state index contributed by atoms with van der Waals surface area (Å²) in [6.45, 7) is 2.27. The fourth-order valence-corrected chi connectivity index (χ4v) is 2.95. The van der Waals surface area contributed by atoms with Gasteiger partial charge in [0.25, 0.3) is 0 Å². The maximum atomic E-state index is 12.8. The summed E-state index contributed by atoms with van der Waals surface area (Å²) in [4.78, 5) is 16.8. The van der Waals surface area contributed by atoms with Gasteiger partial charge in [0.2, 0.25) is 0 Å². The van der Waals surface area contributed by atoms with Crippen LogP contribution in [0.3, 0.4) is 0 Å². The molecule has 1 N–H and O–H groups in total. The number of pyridine rings is 1. The first-order valence-electron chi connectivity index (χ1n) is 6.86. The van der Waals surface area contributed by atoms with Gasteiger partial charge in [0.1, 0.15) is 17.1 Å². The lowest BCUT2D eigenvalue weighted by molar-refractivity contribution is -0.143. The van der Waals surface area contributed by atoms with Gasteiger partial charge in [-0.2, -0.15) is 13.2 Å². The van der Waals surface area contributed by atoms with Gasteiger partial charge in [-0.3, -0.25) is 0 Å². The molecular formula is C14H17F3N2O2. The van der Waals surface area contributed by atoms with Crippen LogP contribution in [0.1, 0.15) is 38.3 Å². The molecule has 0 bridgehead atoms. The minimum Gasteiger partial charge on any atom is -0.479 e. The Hall–Kier alpha value is -1.79. The van der Waals surface area contributed by atoms with Gasteiger partial charge < -0.3 is 10.0 Å². The van der Waals surface area contributed by atoms with Gasteiger partial charge in [0.05, 0.1) is 0 Å². The van der Waals surface area contributed by atoms with Crippen molar-refractivity contribution in [3.05, 3.63) is 23.9 Å². The third kappa shape index (κ3) is 2.82. The highest BCUT2D eigenvalue weighted by atomic mass is 19.4. The van der Waals surface area contributed by atoms with Crippen molar-refractivity contribution >= 4 is 11.8 Å². The van der Waals surface area contributed by atoms with Gasteiger partial charge in [-0.05, 0) is 31.4 Å². The summed E-state index contributed by atoms with van der Waals surface area (Å²) >= 11 is 0. The van der Waals surface area contributed by atoms with Crippen LogP contribution in [-0.2, 0) is 11.0 Å². The summed E-state index contributed by atoms with van der Waals surface area (Å²) in [5.41, 5.74) is -2.14. The Kier molecular flexibility index (Phi) is 4.11. The number of carboxylic acids is 1. The monoisotopic (exact) mass is 302 g/mol. The first-order valence-corrected chi connectivity index (χ1v) is 6.86. The molecule has 2 rings (SSSR count). The number of rotatable bonds is 4. The van der Waals surface area contributed by atoms with Crippen LogP contribution >= 0.6 is 0 Å². The number of aliphatic carboxylic acids is 1. The van der Waals surface area contributed by atoms with Crippen molar-refractivity contribution < 1.29 is 23.1 Å². The first-order chi connectivity index (χ1) is 9.81. The fourth-order valence-electron chi connectivity index (χ4n) is 2.95. The van der Waals surface area contributed by atoms with Crippen LogP contribution in [0, 0.1) is 0 Å². The van der Waals surface area contributed by atoms with Crippen molar-refractivity contribution in [2.45, 2.75) is 44.3 Å². The normalized spacial score (nSPS) is 22.6. The zero-order valence-corrected chi connectivity index (χ0v) is 11.7. The minimum absolute atomic E-state index is 0.0816. The van der Waals surface area contributed by atoms with Crippen molar-refractivity contribution in [3.63, 3.8) is 0 Å². The number of halogens is 3. The van der Waals surface area contributed by atoms with E-state index in [1.54, 1.807) is 0 Å². The Morgan fingerprint density at radius 1 is 1.48 bits per heavy atom. The molecule has 1 unspecified atom stereocenters. The van der Waals surface area contributed by atoms with E-state index in [9.17, 15) is 23.1 Å². The molecule has 7 heteroatoms. The lowest BCUT2D eigenvalue weighted by atomic mass is 9.90. The molecule has 0 radical (unpaired) electrons. The Morgan fingerprint density at radius 3 is 2.76 bits per heavy atom. The van der Waals surface area contributed by atoms with E-state index in [2.05, 4.69) is 4.98 Å². The fraction of sp³-hybridized carbons (Fsp3) is 0.571. The molecule has 1 fully saturated rings. The second-order valence-electron chi connectivity index (χ2n) is 5.22. The number of alkyl halides is 3. The van der Waals surface area contributed by atoms with Gasteiger partial charge in [-0.15, -0.1) is 0 Å². The highest BCUT2D eigenvalue weighted by Gasteiger charge is 2.47. The topological polar surface area (TPSA) is 53.4 Å². The molecule has 0 saturated carbocycles. The number of hydrogen-bond donors (Lipinski definition) is 1. The van der Waals surface area contributed by atoms with Gasteiger partial charge in [-0.1, -0.05) is 19.4 Å². The lowest BCUT2D eigenvalue weighted by Gasteiger charge is -2.35. The SMILES string of the molecule is CCCC1(C(=O)O)CCCN1c1cccc(C(F)(F)F)n1. The Bertz CT molecular complexity index is 533. The van der Waals surface area contributed by atoms with Crippen LogP contribution in [0.5, 0.6) is 0 Å². The number of anilines is 1. The number of nitrogens with zero attached hydrogens (tertiary/aromatic N) is 2. The van der Waals surface area contributed by atoms with Crippen LogP contribution in [0.2, 0.25) is 0 Å². The van der Waals surface area contributed by atoms with E-state index in [0.717, 1.165) is 6.07 Å². The molecule has 0 aromatic carbocycles. The zero-order valence-electron chi connectivity index (χ0n) is 11.7. The summed E-state index contributed by atoms with van der Waals surface area (Å²) in [5.74, 6) is -0.917. The van der Waals surface area contributed by atoms with Crippen molar-refractivity contribution in [3.8, 4) is 0 Å². The molecule has 21 heavy (non-hydrogen) atoms. The predicted octanol–water partition coefficient (Wildman–Crippen LogP) is 3.32. The van der Waals surface area contributed by atoms with E-state index >= 15 is 0 Å². The average molecular weight is 302 g/mol. The summed E-state index contributed by atoms with van der Waals surface area (Å²) in [7, 11) is 0. The standard InChI is InChI=1S/C14H17F3N2O2/c1-2-7-13(12(20)21)8-4-9-19(13)11-6-3-5-10(18-11)14(15,16)17/h3,5-6H,2,4,7-9H2,1H3,(H,20,21). The summed E-state index contributed by atoms with van der Waals surface area (Å²) in [6, 6.07) is 3.60. The molecule has 4 nitrogen and oxygen atoms in total. The van der Waals surface area contributed by atoms with Gasteiger partial charge in [0.15, 0.2) is 0 Å². The van der Waals surface area contributed by atoms with Crippen LogP contribution in [-0.4, -0.2) is 28.1 Å². The van der Waals surface area contributed by atoms with Crippen molar-refractivity contribution in [2.24, 2.45) is 0 Å². The van der Waals surface area contributed by atoms with E-state index in [1.165, 1.54) is 17.0 Å². The Labute approximate surface area is 120 Å². The summed E-state index contributed by atoms with van der Waals surface area (Å²) in [5, 5.41) is 9.56. The van der Waals surface area contributed by atoms with E-state index in [0.29, 0.717) is 32.2 Å². The molecule has 2 heterocycles. The second kappa shape index (κ2) is 5.54. The summed E-state index contributed by atoms with van der Waals surface area (Å²) in [6.07, 6.45) is -2.45. The smallest absolute Gasteiger partial charge is 0.433 e. The molecule has 1 aliphatic heterocycles. The summed E-state index contributed by atoms with van der Waals surface area (Å²) < 4.78 is 38.3. The number of hydrogen-bond acceptors (Lipinski definition) is 3. The van der Waals surface area contributed by atoms with Gasteiger partial charge in [-0.25, -0.2) is 9.78 Å². The molecule has 0 spiro atoms. The molecule has 0 amide bonds. The van der Waals surface area contributed by atoms with Crippen LogP contribution in [0.25, 0.3) is 0 Å². The maximum absolute atomic E-state index is 12.8. The Morgan fingerprint density at radius 2 is 2.19 bits per heavy atom. The van der Waals surface area contributed by atoms with E-state index in [1.807, 2.05) is 6.92 Å². The largest absolute Gasteiger partial charge is 0.479 e. The van der Waals surface area contributed by atoms with Gasteiger partial charge in [0, 0.05) is 6.54 Å². The molecule has 1 aromatic rings. The lowest BCUT2D eigenvalue weighted by Crippen LogP contribution is -2.51. The predicted molar refractivity (Wildman–Crippen MR) is 71.1 cm³/mol. The van der Waals surface area contributed by atoms with E-state index in [-0.39, 0.29) is 5.82 Å². The number of carbonyl (C=O) groups is 1. The molecular weight excluding hydrogens is 285 g/mol. The molecule has 1 aliphatic rings. The molecule has 0 aliphatic carbocycles. The highest BCUT2D eigenvalue weighted by Crippen LogP contribution is 2.38. The van der Waals surface area contributed by atoms with Crippen molar-refractivity contribution in [1.82, 2.24) is 4.98 Å². The first kappa shape index (κ1) is 15.6. The van der Waals surface area contributed by atoms with Crippen molar-refractivity contribution in [1.29, 1.82) is 0 Å². The van der Waals surface area contributed by atoms with Crippen molar-refractivity contribution in [2.75, 3.05) is 11.4 Å². The van der Waals surface area contributed by atoms with Crippen LogP contribution in [0.4, 0.5) is 19.0 Å². The third-order valence-electron chi connectivity index (χ3n) is 3.85. The minimum atomic E-state index is -4.54. The number of aromatic nitrogens is 1. The van der Waals surface area contributed by atoms with E-state index in [4.69, 9.17) is 0 Å². The zero-order chi connectivity index (χ0) is 15.7. The quantitative estimate of drug-likeness (QED) is 0.927. The van der Waals surface area contributed by atoms with Crippen LogP contribution < -0.4 is 4.90 Å². The number of carboxylic acid groups (broad SMARTS) is 1. The molecule has 1 atom stereocenters. The second-order valence-corrected chi connectivity index (χ2v) is 5.22. The Balaban J connectivity index is 2.42. The molecule has 1 aromatic heterocycles. The maximum Gasteiger partial charge on any atom is 0.433 e. The molecule has 1 saturated heterocycles. The highest BCUT2D eigenvalue weighted by molar-refractivity contribution is 5.84. The van der Waals surface area contributed by atoms with Crippen LogP contribution in [0.15, 0.2) is 18.2 Å². The molecule has 116 valence electrons.